The van der Waals surface area contributed by atoms with Gasteiger partial charge in [-0.1, -0.05) is 30.7 Å². The summed E-state index contributed by atoms with van der Waals surface area (Å²) in [6.07, 6.45) is 1.01. The van der Waals surface area contributed by atoms with Gasteiger partial charge in [0.25, 0.3) is 0 Å². The highest BCUT2D eigenvalue weighted by molar-refractivity contribution is 5.70. The topological polar surface area (TPSA) is 38.0 Å². The number of benzene rings is 1. The van der Waals surface area contributed by atoms with Crippen LogP contribution in [0.15, 0.2) is 35.2 Å². The predicted octanol–water partition coefficient (Wildman–Crippen LogP) is 4.24. The van der Waals surface area contributed by atoms with Gasteiger partial charge in [-0.15, -0.1) is 0 Å². The van der Waals surface area contributed by atoms with Crippen molar-refractivity contribution in [2.75, 3.05) is 0 Å². The highest BCUT2D eigenvalue weighted by Gasteiger charge is 2.09. The maximum atomic E-state index is 6.06. The third kappa shape index (κ3) is 3.88. The third-order valence-corrected chi connectivity index (χ3v) is 3.41. The molecule has 0 amide bonds. The molecule has 0 bridgehead atoms. The van der Waals surface area contributed by atoms with Crippen molar-refractivity contribution in [2.24, 2.45) is 5.73 Å². The Morgan fingerprint density at radius 1 is 1.16 bits per heavy atom. The van der Waals surface area contributed by atoms with Gasteiger partial charge in [0.1, 0.15) is 0 Å². The van der Waals surface area contributed by atoms with Crippen molar-refractivity contribution < 1.29 is 0 Å². The Hall–Kier alpha value is -1.70. The lowest BCUT2D eigenvalue weighted by molar-refractivity contribution is 0.969. The number of rotatable bonds is 4. The van der Waals surface area contributed by atoms with Crippen LogP contribution in [0.4, 0.5) is 0 Å². The molecule has 1 aromatic carbocycles. The lowest BCUT2D eigenvalue weighted by Crippen LogP contribution is -2.21. The van der Waals surface area contributed by atoms with Crippen molar-refractivity contribution in [3.8, 4) is 0 Å². The van der Waals surface area contributed by atoms with E-state index in [2.05, 4.69) is 51.2 Å². The fourth-order valence-corrected chi connectivity index (χ4v) is 1.93. The zero-order chi connectivity index (χ0) is 14.6. The van der Waals surface area contributed by atoms with Crippen LogP contribution < -0.4 is 11.1 Å². The fourth-order valence-electron chi connectivity index (χ4n) is 1.93. The highest BCUT2D eigenvalue weighted by Crippen LogP contribution is 2.23. The second kappa shape index (κ2) is 6.46. The zero-order valence-electron chi connectivity index (χ0n) is 13.0. The van der Waals surface area contributed by atoms with Crippen LogP contribution in [0.25, 0.3) is 5.70 Å². The van der Waals surface area contributed by atoms with Gasteiger partial charge in [0.05, 0.1) is 5.82 Å². The molecule has 19 heavy (non-hydrogen) atoms. The highest BCUT2D eigenvalue weighted by atomic mass is 15.0. The first-order valence-electron chi connectivity index (χ1n) is 6.84. The molecule has 0 saturated carbocycles. The molecule has 2 nitrogen and oxygen atoms in total. The van der Waals surface area contributed by atoms with Crippen LogP contribution >= 0.6 is 0 Å². The monoisotopic (exact) mass is 258 g/mol. The molecule has 0 atom stereocenters. The number of hydrogen-bond donors (Lipinski definition) is 2. The van der Waals surface area contributed by atoms with E-state index in [1.165, 1.54) is 22.3 Å². The van der Waals surface area contributed by atoms with Gasteiger partial charge in [-0.25, -0.2) is 0 Å². The second-order valence-electron chi connectivity index (χ2n) is 5.37. The molecule has 1 aromatic rings. The minimum Gasteiger partial charge on any atom is -0.385 e. The Kier molecular flexibility index (Phi) is 5.22. The molecule has 0 saturated heterocycles. The lowest BCUT2D eigenvalue weighted by Gasteiger charge is -2.18. The van der Waals surface area contributed by atoms with Gasteiger partial charge in [-0.05, 0) is 57.7 Å². The van der Waals surface area contributed by atoms with E-state index >= 15 is 0 Å². The Bertz CT molecular complexity index is 518. The lowest BCUT2D eigenvalue weighted by atomic mass is 9.99. The van der Waals surface area contributed by atoms with Crippen molar-refractivity contribution in [2.45, 2.75) is 48.0 Å². The van der Waals surface area contributed by atoms with Gasteiger partial charge in [-0.2, -0.15) is 0 Å². The fraction of sp³-hybridized carbons (Fsp3) is 0.412. The van der Waals surface area contributed by atoms with Gasteiger partial charge in [0.2, 0.25) is 0 Å². The van der Waals surface area contributed by atoms with Gasteiger partial charge in [0, 0.05) is 11.3 Å². The summed E-state index contributed by atoms with van der Waals surface area (Å²) < 4.78 is 0. The largest absolute Gasteiger partial charge is 0.385 e. The Labute approximate surface area is 117 Å². The summed E-state index contributed by atoms with van der Waals surface area (Å²) in [6.45, 7) is 12.6. The van der Waals surface area contributed by atoms with Crippen LogP contribution in [0.3, 0.4) is 0 Å². The van der Waals surface area contributed by atoms with E-state index in [0.717, 1.165) is 23.5 Å². The van der Waals surface area contributed by atoms with Crippen LogP contribution in [-0.4, -0.2) is 0 Å². The maximum absolute atomic E-state index is 6.06. The van der Waals surface area contributed by atoms with E-state index in [9.17, 15) is 0 Å². The summed E-state index contributed by atoms with van der Waals surface area (Å²) in [5.74, 6) is 0.739. The summed E-state index contributed by atoms with van der Waals surface area (Å²) in [6, 6.07) is 6.52. The van der Waals surface area contributed by atoms with Crippen LogP contribution in [0.2, 0.25) is 0 Å². The van der Waals surface area contributed by atoms with E-state index < -0.39 is 0 Å². The van der Waals surface area contributed by atoms with E-state index in [-0.39, 0.29) is 0 Å². The molecule has 3 N–H and O–H groups in total. The summed E-state index contributed by atoms with van der Waals surface area (Å²) in [5, 5.41) is 3.38. The van der Waals surface area contributed by atoms with Crippen molar-refractivity contribution in [1.82, 2.24) is 5.32 Å². The van der Waals surface area contributed by atoms with Crippen LogP contribution in [0.1, 0.15) is 50.8 Å². The van der Waals surface area contributed by atoms with Crippen LogP contribution in [-0.2, 0) is 0 Å². The molecular formula is C17H26N2. The number of hydrogen-bond acceptors (Lipinski definition) is 2. The molecule has 0 aromatic heterocycles. The minimum atomic E-state index is 0.739. The Balaban J connectivity index is 3.31. The van der Waals surface area contributed by atoms with Crippen LogP contribution in [0, 0.1) is 13.8 Å². The van der Waals surface area contributed by atoms with Gasteiger partial charge in [0.15, 0.2) is 0 Å². The average molecular weight is 258 g/mol. The summed E-state index contributed by atoms with van der Waals surface area (Å²) in [7, 11) is 0. The van der Waals surface area contributed by atoms with E-state index in [1.54, 1.807) is 0 Å². The number of nitrogens with two attached hydrogens (primary N) is 1. The maximum Gasteiger partial charge on any atom is 0.0990 e. The molecule has 0 aliphatic rings. The predicted molar refractivity (Wildman–Crippen MR) is 84.5 cm³/mol. The molecule has 0 spiro atoms. The molecule has 0 aliphatic heterocycles. The molecule has 0 fully saturated rings. The van der Waals surface area contributed by atoms with E-state index in [1.807, 2.05) is 13.8 Å². The smallest absolute Gasteiger partial charge is 0.0990 e. The molecule has 0 unspecified atom stereocenters. The van der Waals surface area contributed by atoms with Gasteiger partial charge >= 0.3 is 0 Å². The standard InChI is InChI=1S/C17H26N2/c1-7-13(5)16(19-17(18)11(2)3)15-9-8-12(4)10-14(15)6/h8-10,19H,7,18H2,1-6H3/b16-13+. The molecule has 1 rings (SSSR count). The third-order valence-electron chi connectivity index (χ3n) is 3.41. The van der Waals surface area contributed by atoms with E-state index in [4.69, 9.17) is 5.73 Å². The number of allylic oxidation sites excluding steroid dienone is 2. The molecule has 0 heterocycles. The minimum absolute atomic E-state index is 0.739. The van der Waals surface area contributed by atoms with Crippen molar-refractivity contribution in [3.05, 3.63) is 51.9 Å². The molecule has 0 radical (unpaired) electrons. The second-order valence-corrected chi connectivity index (χ2v) is 5.37. The van der Waals surface area contributed by atoms with Crippen molar-refractivity contribution in [3.63, 3.8) is 0 Å². The summed E-state index contributed by atoms with van der Waals surface area (Å²) in [4.78, 5) is 0. The quantitative estimate of drug-likeness (QED) is 0.847. The van der Waals surface area contributed by atoms with Crippen molar-refractivity contribution >= 4 is 5.70 Å². The van der Waals surface area contributed by atoms with Gasteiger partial charge < -0.3 is 11.1 Å². The molecular weight excluding hydrogens is 232 g/mol. The average Bonchev–Trinajstić information content (AvgIpc) is 2.35. The summed E-state index contributed by atoms with van der Waals surface area (Å²) in [5.41, 5.74) is 13.4. The van der Waals surface area contributed by atoms with Gasteiger partial charge in [-0.3, -0.25) is 0 Å². The first-order valence-corrected chi connectivity index (χ1v) is 6.84. The number of aryl methyl sites for hydroxylation is 2. The number of nitrogens with one attached hydrogen (secondary N) is 1. The first-order chi connectivity index (χ1) is 8.86. The van der Waals surface area contributed by atoms with E-state index in [0.29, 0.717) is 0 Å². The first kappa shape index (κ1) is 15.4. The molecule has 0 aliphatic carbocycles. The Morgan fingerprint density at radius 3 is 2.26 bits per heavy atom. The van der Waals surface area contributed by atoms with Crippen LogP contribution in [0.5, 0.6) is 0 Å². The molecule has 2 heteroatoms. The Morgan fingerprint density at radius 2 is 1.79 bits per heavy atom. The molecule has 104 valence electrons. The van der Waals surface area contributed by atoms with Crippen molar-refractivity contribution in [1.29, 1.82) is 0 Å². The summed E-state index contributed by atoms with van der Waals surface area (Å²) >= 11 is 0. The SMILES string of the molecule is CC/C(C)=C(/NC(N)=C(C)C)c1ccc(C)cc1C. The zero-order valence-corrected chi connectivity index (χ0v) is 13.0. The normalized spacial score (nSPS) is 11.9.